The summed E-state index contributed by atoms with van der Waals surface area (Å²) in [5.74, 6) is 0.0110. The number of likely N-dealkylation sites (N-methyl/N-ethyl adjacent to an activating group) is 1. The van der Waals surface area contributed by atoms with E-state index in [1.165, 1.54) is 7.11 Å². The number of ether oxygens (including phenoxy) is 6. The van der Waals surface area contributed by atoms with Crippen LogP contribution in [0.5, 0.6) is 17.6 Å². The highest BCUT2D eigenvalue weighted by atomic mass is 19.1. The zero-order valence-corrected chi connectivity index (χ0v) is 35.7. The van der Waals surface area contributed by atoms with Gasteiger partial charge in [-0.1, -0.05) is 12.1 Å². The average Bonchev–Trinajstić information content (AvgIpc) is 4.02. The molecule has 0 radical (unpaired) electrons. The van der Waals surface area contributed by atoms with Gasteiger partial charge in [0, 0.05) is 49.4 Å². The average molecular weight is 840 g/mol. The molecular weight excluding hydrogens is 786 g/mol. The highest BCUT2D eigenvalue weighted by Crippen LogP contribution is 2.53. The molecule has 2 aromatic heterocycles. The van der Waals surface area contributed by atoms with Crippen LogP contribution in [0.2, 0.25) is 0 Å². The van der Waals surface area contributed by atoms with Crippen LogP contribution in [0.4, 0.5) is 9.18 Å². The predicted octanol–water partition coefficient (Wildman–Crippen LogP) is 6.78. The van der Waals surface area contributed by atoms with E-state index in [1.807, 2.05) is 44.1 Å². The van der Waals surface area contributed by atoms with Gasteiger partial charge in [0.1, 0.15) is 30.7 Å². The van der Waals surface area contributed by atoms with Crippen LogP contribution in [-0.4, -0.2) is 121 Å². The van der Waals surface area contributed by atoms with Gasteiger partial charge in [-0.05, 0) is 101 Å². The molecule has 61 heavy (non-hydrogen) atoms. The highest BCUT2D eigenvalue weighted by molar-refractivity contribution is 6.05. The van der Waals surface area contributed by atoms with Crippen molar-refractivity contribution in [3.63, 3.8) is 0 Å². The summed E-state index contributed by atoms with van der Waals surface area (Å²) < 4.78 is 54.5. The lowest BCUT2D eigenvalue weighted by Crippen LogP contribution is -2.59. The second-order valence-corrected chi connectivity index (χ2v) is 16.4. The number of hydrogen-bond donors (Lipinski definition) is 1. The van der Waals surface area contributed by atoms with Gasteiger partial charge >= 0.3 is 18.0 Å². The minimum atomic E-state index is -0.443. The maximum absolute atomic E-state index is 16.4. The van der Waals surface area contributed by atoms with Crippen molar-refractivity contribution < 1.29 is 42.4 Å². The van der Waals surface area contributed by atoms with Gasteiger partial charge in [0.05, 0.1) is 49.0 Å². The Labute approximate surface area is 354 Å². The van der Waals surface area contributed by atoms with E-state index in [1.54, 1.807) is 48.0 Å². The maximum Gasteiger partial charge on any atom is 0.337 e. The van der Waals surface area contributed by atoms with Crippen LogP contribution in [0.1, 0.15) is 78.2 Å². The number of halogens is 1. The van der Waals surface area contributed by atoms with E-state index < -0.39 is 5.97 Å². The molecule has 324 valence electrons. The molecule has 5 aromatic rings. The standard InChI is InChI=1S/C45H54FN7O8/c1-26(56-5)24-60-44-49-40-33(42(50-44)61-31-22-52(23-31)45(55)47-16-17-51(3)4)19-32(29-14-15-29)39(41(40)59-25-28-10-12-30(13-11-28)43(54)57-6)38-27(2)35(46)20-36-34(38)21-48-53(36)37-9-7-8-18-58-37/h10-13,19-21,26,29,31,37H,7-9,14-18,22-25H2,1-6H3,(H,47,55)/t26-,37?/m0/s1. The van der Waals surface area contributed by atoms with Crippen molar-refractivity contribution in [2.75, 3.05) is 67.7 Å². The molecule has 0 bridgehead atoms. The molecular formula is C45H54FN7O8. The van der Waals surface area contributed by atoms with E-state index in [4.69, 9.17) is 43.5 Å². The Bertz CT molecular complexity index is 2390. The first-order valence-electron chi connectivity index (χ1n) is 21.0. The van der Waals surface area contributed by atoms with Crippen LogP contribution in [0.25, 0.3) is 32.9 Å². The monoisotopic (exact) mass is 839 g/mol. The third-order valence-corrected chi connectivity index (χ3v) is 11.6. The van der Waals surface area contributed by atoms with Crippen molar-refractivity contribution in [3.8, 4) is 28.8 Å². The van der Waals surface area contributed by atoms with Gasteiger partial charge in [0.2, 0.25) is 5.88 Å². The smallest absolute Gasteiger partial charge is 0.337 e. The van der Waals surface area contributed by atoms with Crippen LogP contribution in [0.15, 0.2) is 42.6 Å². The third kappa shape index (κ3) is 9.07. The van der Waals surface area contributed by atoms with Crippen LogP contribution in [0, 0.1) is 12.7 Å². The number of nitrogens with zero attached hydrogens (tertiary/aromatic N) is 6. The quantitative estimate of drug-likeness (QED) is 0.104. The zero-order valence-electron chi connectivity index (χ0n) is 35.7. The van der Waals surface area contributed by atoms with Gasteiger partial charge in [0.15, 0.2) is 12.0 Å². The summed E-state index contributed by atoms with van der Waals surface area (Å²) >= 11 is 0. The Morgan fingerprint density at radius 1 is 1.02 bits per heavy atom. The van der Waals surface area contributed by atoms with Gasteiger partial charge < -0.3 is 43.5 Å². The van der Waals surface area contributed by atoms with E-state index in [0.29, 0.717) is 70.7 Å². The molecule has 1 N–H and O–H groups in total. The van der Waals surface area contributed by atoms with Crippen LogP contribution in [0.3, 0.4) is 0 Å². The Morgan fingerprint density at radius 2 is 1.80 bits per heavy atom. The van der Waals surface area contributed by atoms with Gasteiger partial charge in [-0.3, -0.25) is 0 Å². The summed E-state index contributed by atoms with van der Waals surface area (Å²) in [6.45, 7) is 6.50. The first kappa shape index (κ1) is 42.1. The molecule has 0 spiro atoms. The molecule has 3 aromatic carbocycles. The van der Waals surface area contributed by atoms with E-state index in [0.717, 1.165) is 55.2 Å². The maximum atomic E-state index is 16.4. The predicted molar refractivity (Wildman–Crippen MR) is 226 cm³/mol. The Kier molecular flexibility index (Phi) is 12.6. The van der Waals surface area contributed by atoms with Crippen molar-refractivity contribution in [1.82, 2.24) is 34.9 Å². The molecule has 2 saturated heterocycles. The fraction of sp³-hybridized carbons (Fsp3) is 0.489. The summed E-state index contributed by atoms with van der Waals surface area (Å²) in [7, 11) is 6.86. The van der Waals surface area contributed by atoms with Gasteiger partial charge in [-0.25, -0.2) is 18.7 Å². The Morgan fingerprint density at radius 3 is 2.49 bits per heavy atom. The van der Waals surface area contributed by atoms with Crippen molar-refractivity contribution >= 4 is 33.8 Å². The Balaban J connectivity index is 1.27. The molecule has 8 rings (SSSR count). The zero-order chi connectivity index (χ0) is 42.8. The first-order valence-corrected chi connectivity index (χ1v) is 21.0. The number of rotatable bonds is 16. The number of carbonyl (C=O) groups excluding carboxylic acids is 2. The van der Waals surface area contributed by atoms with E-state index in [2.05, 4.69) is 5.32 Å². The SMILES string of the molecule is COC(=O)c1ccc(COc2c(-c3c(C)c(F)cc4c3cnn4C3CCCCO3)c(C3CC3)cc3c(OC4CN(C(=O)NCCN(C)C)C4)nc(OC[C@H](C)OC)nc23)cc1. The van der Waals surface area contributed by atoms with Gasteiger partial charge in [-0.2, -0.15) is 15.1 Å². The molecule has 3 aliphatic rings. The van der Waals surface area contributed by atoms with Crippen molar-refractivity contribution in [2.45, 2.75) is 76.9 Å². The number of amides is 2. The van der Waals surface area contributed by atoms with Crippen LogP contribution < -0.4 is 19.5 Å². The van der Waals surface area contributed by atoms with Gasteiger partial charge in [0.25, 0.3) is 0 Å². The van der Waals surface area contributed by atoms with Crippen molar-refractivity contribution in [2.24, 2.45) is 0 Å². The minimum Gasteiger partial charge on any atom is -0.486 e. The van der Waals surface area contributed by atoms with E-state index >= 15 is 4.39 Å². The molecule has 16 heteroatoms. The number of esters is 1. The number of benzene rings is 3. The number of methoxy groups -OCH3 is 2. The summed E-state index contributed by atoms with van der Waals surface area (Å²) in [4.78, 5) is 38.6. The van der Waals surface area contributed by atoms with Crippen molar-refractivity contribution in [3.05, 3.63) is 70.7 Å². The van der Waals surface area contributed by atoms with Crippen LogP contribution in [-0.2, 0) is 20.8 Å². The summed E-state index contributed by atoms with van der Waals surface area (Å²) in [6, 6.07) is 10.5. The molecule has 4 heterocycles. The second-order valence-electron chi connectivity index (χ2n) is 16.4. The normalized spacial score (nSPS) is 17.4. The third-order valence-electron chi connectivity index (χ3n) is 11.6. The van der Waals surface area contributed by atoms with Gasteiger partial charge in [-0.15, -0.1) is 0 Å². The minimum absolute atomic E-state index is 0.0461. The number of urea groups is 1. The fourth-order valence-corrected chi connectivity index (χ4v) is 7.81. The van der Waals surface area contributed by atoms with Crippen LogP contribution >= 0.6 is 0 Å². The largest absolute Gasteiger partial charge is 0.486 e. The number of carbonyl (C=O) groups is 2. The highest BCUT2D eigenvalue weighted by Gasteiger charge is 2.36. The molecule has 15 nitrogen and oxygen atoms in total. The Hall–Kier alpha value is -5.58. The molecule has 3 fully saturated rings. The number of likely N-dealkylation sites (tertiary alicyclic amines) is 1. The summed E-state index contributed by atoms with van der Waals surface area (Å²) in [5.41, 5.74) is 4.98. The second kappa shape index (κ2) is 18.2. The molecule has 1 saturated carbocycles. The molecule has 2 atom stereocenters. The lowest BCUT2D eigenvalue weighted by molar-refractivity contribution is -0.0366. The molecule has 1 unspecified atom stereocenters. The lowest BCUT2D eigenvalue weighted by Gasteiger charge is -2.38. The molecule has 2 aliphatic heterocycles. The van der Waals surface area contributed by atoms with Crippen molar-refractivity contribution in [1.29, 1.82) is 0 Å². The number of aromatic nitrogens is 4. The number of fused-ring (bicyclic) bond motifs is 2. The number of nitrogens with one attached hydrogen (secondary N) is 1. The molecule has 2 amide bonds. The summed E-state index contributed by atoms with van der Waals surface area (Å²) in [6.07, 6.45) is 5.46. The topological polar surface area (TPSA) is 152 Å². The molecule has 1 aliphatic carbocycles. The van der Waals surface area contributed by atoms with E-state index in [9.17, 15) is 9.59 Å². The lowest BCUT2D eigenvalue weighted by atomic mass is 9.88. The fourth-order valence-electron chi connectivity index (χ4n) is 7.81. The number of hydrogen-bond acceptors (Lipinski definition) is 12. The first-order chi connectivity index (χ1) is 29.5. The van der Waals surface area contributed by atoms with E-state index in [-0.39, 0.29) is 61.3 Å². The summed E-state index contributed by atoms with van der Waals surface area (Å²) in [5, 5.41) is 9.11.